The van der Waals surface area contributed by atoms with E-state index in [0.29, 0.717) is 31.7 Å². The summed E-state index contributed by atoms with van der Waals surface area (Å²) >= 11 is 0. The van der Waals surface area contributed by atoms with Crippen molar-refractivity contribution in [2.24, 2.45) is 0 Å². The Morgan fingerprint density at radius 1 is 1.00 bits per heavy atom. The van der Waals surface area contributed by atoms with Gasteiger partial charge in [0.2, 0.25) is 11.8 Å². The lowest BCUT2D eigenvalue weighted by atomic mass is 9.84. The van der Waals surface area contributed by atoms with Gasteiger partial charge in [-0.3, -0.25) is 19.3 Å². The molecule has 1 aromatic carbocycles. The maximum absolute atomic E-state index is 13.1. The Morgan fingerprint density at radius 2 is 1.53 bits per heavy atom. The molecule has 0 bridgehead atoms. The van der Waals surface area contributed by atoms with E-state index in [1.54, 1.807) is 16.7 Å². The summed E-state index contributed by atoms with van der Waals surface area (Å²) in [4.78, 5) is 54.0. The van der Waals surface area contributed by atoms with Crippen LogP contribution >= 0.6 is 0 Å². The zero-order valence-corrected chi connectivity index (χ0v) is 18.3. The van der Waals surface area contributed by atoms with Crippen molar-refractivity contribution in [1.82, 2.24) is 20.0 Å². The second-order valence-corrected chi connectivity index (χ2v) is 9.16. The van der Waals surface area contributed by atoms with Crippen LogP contribution in [0.1, 0.15) is 45.7 Å². The number of benzene rings is 1. The molecule has 162 valence electrons. The average Bonchev–Trinajstić information content (AvgIpc) is 2.91. The summed E-state index contributed by atoms with van der Waals surface area (Å²) in [5.74, 6) is -0.759. The Balaban J connectivity index is 1.70. The van der Waals surface area contributed by atoms with Crippen molar-refractivity contribution in [1.29, 1.82) is 0 Å². The molecule has 5 amide bonds. The largest absolute Gasteiger partial charge is 0.339 e. The Kier molecular flexibility index (Phi) is 5.62. The van der Waals surface area contributed by atoms with Crippen LogP contribution in [0, 0.1) is 0 Å². The molecule has 0 aliphatic carbocycles. The molecule has 0 saturated carbocycles. The predicted octanol–water partition coefficient (Wildman–Crippen LogP) is 1.44. The fourth-order valence-electron chi connectivity index (χ4n) is 3.85. The zero-order chi connectivity index (χ0) is 22.3. The molecule has 30 heavy (non-hydrogen) atoms. The molecular weight excluding hydrogens is 384 g/mol. The predicted molar refractivity (Wildman–Crippen MR) is 112 cm³/mol. The van der Waals surface area contributed by atoms with Crippen LogP contribution in [0.25, 0.3) is 0 Å². The smallest absolute Gasteiger partial charge is 0.325 e. The highest BCUT2D eigenvalue weighted by Crippen LogP contribution is 2.31. The third-order valence-electron chi connectivity index (χ3n) is 5.97. The number of hydrogen-bond donors (Lipinski definition) is 1. The summed E-state index contributed by atoms with van der Waals surface area (Å²) in [5.41, 5.74) is 0.580. The fourth-order valence-corrected chi connectivity index (χ4v) is 3.85. The molecule has 0 aromatic heterocycles. The summed E-state index contributed by atoms with van der Waals surface area (Å²) in [6.07, 6.45) is 0. The van der Waals surface area contributed by atoms with E-state index in [1.807, 2.05) is 24.3 Å². The van der Waals surface area contributed by atoms with Gasteiger partial charge in [0.05, 0.1) is 0 Å². The van der Waals surface area contributed by atoms with Crippen molar-refractivity contribution in [3.8, 4) is 0 Å². The van der Waals surface area contributed by atoms with Crippen molar-refractivity contribution in [2.45, 2.75) is 45.6 Å². The zero-order valence-electron chi connectivity index (χ0n) is 18.3. The van der Waals surface area contributed by atoms with Crippen LogP contribution in [0.5, 0.6) is 0 Å². The SMILES string of the molecule is CC(=O)N1CCN(C(=O)CN2C(=O)NC(C)(c3ccc(C(C)(C)C)cc3)C2=O)CC1. The molecule has 8 nitrogen and oxygen atoms in total. The fraction of sp³-hybridized carbons (Fsp3) is 0.545. The van der Waals surface area contributed by atoms with E-state index < -0.39 is 17.5 Å². The van der Waals surface area contributed by atoms with Gasteiger partial charge >= 0.3 is 6.03 Å². The summed E-state index contributed by atoms with van der Waals surface area (Å²) in [5, 5.41) is 2.75. The van der Waals surface area contributed by atoms with Crippen LogP contribution in [-0.2, 0) is 25.3 Å². The molecule has 3 rings (SSSR count). The minimum Gasteiger partial charge on any atom is -0.339 e. The van der Waals surface area contributed by atoms with Crippen LogP contribution in [0.3, 0.4) is 0 Å². The molecule has 1 N–H and O–H groups in total. The Hall–Kier alpha value is -2.90. The topological polar surface area (TPSA) is 90.0 Å². The summed E-state index contributed by atoms with van der Waals surface area (Å²) < 4.78 is 0. The second-order valence-electron chi connectivity index (χ2n) is 9.16. The summed E-state index contributed by atoms with van der Waals surface area (Å²) in [6.45, 7) is 10.9. The van der Waals surface area contributed by atoms with E-state index in [9.17, 15) is 19.2 Å². The highest BCUT2D eigenvalue weighted by molar-refractivity contribution is 6.09. The Morgan fingerprint density at radius 3 is 2.03 bits per heavy atom. The molecular formula is C22H30N4O4. The van der Waals surface area contributed by atoms with Gasteiger partial charge in [0.15, 0.2) is 0 Å². The van der Waals surface area contributed by atoms with Crippen molar-refractivity contribution in [3.05, 3.63) is 35.4 Å². The van der Waals surface area contributed by atoms with Gasteiger partial charge in [0, 0.05) is 33.1 Å². The molecule has 0 radical (unpaired) electrons. The van der Waals surface area contributed by atoms with E-state index in [-0.39, 0.29) is 23.8 Å². The maximum Gasteiger partial charge on any atom is 0.325 e. The number of imide groups is 1. The molecule has 2 fully saturated rings. The van der Waals surface area contributed by atoms with Gasteiger partial charge in [-0.2, -0.15) is 0 Å². The quantitative estimate of drug-likeness (QED) is 0.758. The number of amides is 5. The number of nitrogens with one attached hydrogen (secondary N) is 1. The third kappa shape index (κ3) is 4.04. The number of hydrogen-bond acceptors (Lipinski definition) is 4. The number of piperazine rings is 1. The van der Waals surface area contributed by atoms with Gasteiger partial charge in [-0.25, -0.2) is 4.79 Å². The van der Waals surface area contributed by atoms with Crippen LogP contribution in [0.15, 0.2) is 24.3 Å². The lowest BCUT2D eigenvalue weighted by molar-refractivity contribution is -0.141. The van der Waals surface area contributed by atoms with Crippen LogP contribution in [-0.4, -0.2) is 71.2 Å². The Bertz CT molecular complexity index is 866. The van der Waals surface area contributed by atoms with Gasteiger partial charge < -0.3 is 15.1 Å². The number of carbonyl (C=O) groups excluding carboxylic acids is 4. The first-order valence-corrected chi connectivity index (χ1v) is 10.2. The molecule has 2 heterocycles. The molecule has 8 heteroatoms. The van der Waals surface area contributed by atoms with Crippen LogP contribution < -0.4 is 5.32 Å². The number of rotatable bonds is 3. The highest BCUT2D eigenvalue weighted by Gasteiger charge is 2.49. The number of nitrogens with zero attached hydrogens (tertiary/aromatic N) is 3. The van der Waals surface area contributed by atoms with E-state index in [2.05, 4.69) is 26.1 Å². The Labute approximate surface area is 177 Å². The first kappa shape index (κ1) is 21.8. The minimum atomic E-state index is -1.21. The van der Waals surface area contributed by atoms with Gasteiger partial charge in [-0.05, 0) is 23.5 Å². The van der Waals surface area contributed by atoms with Crippen LogP contribution in [0.2, 0.25) is 0 Å². The lowest BCUT2D eigenvalue weighted by Crippen LogP contribution is -2.53. The maximum atomic E-state index is 13.1. The monoisotopic (exact) mass is 414 g/mol. The van der Waals surface area contributed by atoms with Gasteiger partial charge in [-0.15, -0.1) is 0 Å². The molecule has 1 unspecified atom stereocenters. The van der Waals surface area contributed by atoms with Crippen molar-refractivity contribution < 1.29 is 19.2 Å². The molecule has 2 saturated heterocycles. The first-order chi connectivity index (χ1) is 13.9. The minimum absolute atomic E-state index is 0.0206. The van der Waals surface area contributed by atoms with Crippen molar-refractivity contribution in [3.63, 3.8) is 0 Å². The van der Waals surface area contributed by atoms with Gasteiger partial charge in [-0.1, -0.05) is 45.0 Å². The molecule has 2 aliphatic rings. The number of carbonyl (C=O) groups is 4. The van der Waals surface area contributed by atoms with E-state index in [1.165, 1.54) is 6.92 Å². The molecule has 2 aliphatic heterocycles. The van der Waals surface area contributed by atoms with Crippen molar-refractivity contribution in [2.75, 3.05) is 32.7 Å². The van der Waals surface area contributed by atoms with E-state index >= 15 is 0 Å². The van der Waals surface area contributed by atoms with E-state index in [4.69, 9.17) is 0 Å². The molecule has 1 aromatic rings. The summed E-state index contributed by atoms with van der Waals surface area (Å²) in [6, 6.07) is 7.05. The first-order valence-electron chi connectivity index (χ1n) is 10.2. The molecule has 1 atom stereocenters. The van der Waals surface area contributed by atoms with Crippen LogP contribution in [0.4, 0.5) is 4.79 Å². The second kappa shape index (κ2) is 7.74. The standard InChI is InChI=1S/C22H30N4O4/c1-15(27)24-10-12-25(13-11-24)18(28)14-26-19(29)22(5,23-20(26)30)17-8-6-16(7-9-17)21(2,3)4/h6-9H,10-14H2,1-5H3,(H,23,30). The lowest BCUT2D eigenvalue weighted by Gasteiger charge is -2.34. The third-order valence-corrected chi connectivity index (χ3v) is 5.97. The summed E-state index contributed by atoms with van der Waals surface area (Å²) in [7, 11) is 0. The normalized spacial score (nSPS) is 22.4. The number of urea groups is 1. The van der Waals surface area contributed by atoms with Crippen molar-refractivity contribution >= 4 is 23.8 Å². The molecule has 0 spiro atoms. The average molecular weight is 415 g/mol. The van der Waals surface area contributed by atoms with E-state index in [0.717, 1.165) is 10.5 Å². The van der Waals surface area contributed by atoms with Gasteiger partial charge in [0.1, 0.15) is 12.1 Å². The van der Waals surface area contributed by atoms with Gasteiger partial charge in [0.25, 0.3) is 5.91 Å². The highest BCUT2D eigenvalue weighted by atomic mass is 16.2.